The highest BCUT2D eigenvalue weighted by Crippen LogP contribution is 2.27. The Morgan fingerprint density at radius 2 is 2.09 bits per heavy atom. The molecule has 116 valence electrons. The van der Waals surface area contributed by atoms with Gasteiger partial charge in [0, 0.05) is 25.7 Å². The van der Waals surface area contributed by atoms with Crippen LogP contribution in [0.3, 0.4) is 0 Å². The Balaban J connectivity index is 1.85. The van der Waals surface area contributed by atoms with E-state index in [-0.39, 0.29) is 0 Å². The molecule has 1 aliphatic rings. The molecule has 3 rings (SSSR count). The molecule has 0 aliphatic carbocycles. The second kappa shape index (κ2) is 6.22. The minimum atomic E-state index is 0.800. The van der Waals surface area contributed by atoms with E-state index in [1.165, 1.54) is 11.1 Å². The normalized spacial score (nSPS) is 13.7. The summed E-state index contributed by atoms with van der Waals surface area (Å²) in [4.78, 5) is 11.3. The molecule has 1 aromatic carbocycles. The number of rotatable bonds is 4. The summed E-state index contributed by atoms with van der Waals surface area (Å²) < 4.78 is 5.31. The zero-order valence-corrected chi connectivity index (χ0v) is 13.4. The number of hydrogen-bond donors (Lipinski definition) is 1. The second-order valence-electron chi connectivity index (χ2n) is 5.50. The maximum Gasteiger partial charge on any atom is 0.134 e. The van der Waals surface area contributed by atoms with E-state index in [2.05, 4.69) is 39.2 Å². The number of methoxy groups -OCH3 is 1. The van der Waals surface area contributed by atoms with Crippen molar-refractivity contribution in [1.82, 2.24) is 9.97 Å². The number of aromatic nitrogens is 2. The highest BCUT2D eigenvalue weighted by atomic mass is 16.5. The van der Waals surface area contributed by atoms with Gasteiger partial charge in [0.15, 0.2) is 0 Å². The molecule has 0 radical (unpaired) electrons. The van der Waals surface area contributed by atoms with Crippen LogP contribution < -0.4 is 15.0 Å². The number of aryl methyl sites for hydroxylation is 1. The third-order valence-electron chi connectivity index (χ3n) is 3.93. The lowest BCUT2D eigenvalue weighted by atomic mass is 9.99. The van der Waals surface area contributed by atoms with Crippen LogP contribution in [0.4, 0.5) is 11.6 Å². The molecule has 0 spiro atoms. The number of fused-ring (bicyclic) bond motifs is 1. The number of anilines is 2. The van der Waals surface area contributed by atoms with Gasteiger partial charge in [-0.25, -0.2) is 9.97 Å². The first-order chi connectivity index (χ1) is 10.7. The van der Waals surface area contributed by atoms with E-state index in [1.807, 2.05) is 19.1 Å². The highest BCUT2D eigenvalue weighted by molar-refractivity contribution is 5.52. The van der Waals surface area contributed by atoms with Gasteiger partial charge in [-0.15, -0.1) is 0 Å². The van der Waals surface area contributed by atoms with Crippen LogP contribution in [0.2, 0.25) is 0 Å². The largest absolute Gasteiger partial charge is 0.497 e. The van der Waals surface area contributed by atoms with Crippen LogP contribution in [0.1, 0.15) is 23.9 Å². The predicted octanol–water partition coefficient (Wildman–Crippen LogP) is 2.79. The summed E-state index contributed by atoms with van der Waals surface area (Å²) in [5, 5.41) is 3.27. The monoisotopic (exact) mass is 298 g/mol. The van der Waals surface area contributed by atoms with E-state index in [0.717, 1.165) is 49.3 Å². The molecule has 0 saturated heterocycles. The topological polar surface area (TPSA) is 50.3 Å². The Labute approximate surface area is 131 Å². The van der Waals surface area contributed by atoms with Crippen LogP contribution in [-0.2, 0) is 13.0 Å². The molecule has 1 aliphatic heterocycles. The van der Waals surface area contributed by atoms with E-state index >= 15 is 0 Å². The Morgan fingerprint density at radius 1 is 1.23 bits per heavy atom. The molecular weight excluding hydrogens is 276 g/mol. The summed E-state index contributed by atoms with van der Waals surface area (Å²) in [5.74, 6) is 3.61. The lowest BCUT2D eigenvalue weighted by Crippen LogP contribution is -2.31. The maximum atomic E-state index is 5.31. The smallest absolute Gasteiger partial charge is 0.134 e. The van der Waals surface area contributed by atoms with Crippen molar-refractivity contribution in [2.45, 2.75) is 26.8 Å². The van der Waals surface area contributed by atoms with Gasteiger partial charge in [0.2, 0.25) is 0 Å². The molecule has 2 heterocycles. The zero-order valence-electron chi connectivity index (χ0n) is 13.4. The van der Waals surface area contributed by atoms with Crippen molar-refractivity contribution in [1.29, 1.82) is 0 Å². The number of ether oxygens (including phenoxy) is 1. The van der Waals surface area contributed by atoms with Crippen LogP contribution in [0.15, 0.2) is 24.3 Å². The highest BCUT2D eigenvalue weighted by Gasteiger charge is 2.19. The van der Waals surface area contributed by atoms with E-state index in [9.17, 15) is 0 Å². The molecule has 1 aromatic heterocycles. The maximum absolute atomic E-state index is 5.31. The van der Waals surface area contributed by atoms with Crippen molar-refractivity contribution < 1.29 is 4.74 Å². The summed E-state index contributed by atoms with van der Waals surface area (Å²) in [6.45, 7) is 6.71. The summed E-state index contributed by atoms with van der Waals surface area (Å²) >= 11 is 0. The van der Waals surface area contributed by atoms with Crippen LogP contribution in [0.5, 0.6) is 5.75 Å². The van der Waals surface area contributed by atoms with Gasteiger partial charge in [0.25, 0.3) is 0 Å². The van der Waals surface area contributed by atoms with E-state index in [0.29, 0.717) is 0 Å². The van der Waals surface area contributed by atoms with Gasteiger partial charge in [0.1, 0.15) is 23.2 Å². The fourth-order valence-corrected chi connectivity index (χ4v) is 2.84. The Hall–Kier alpha value is -2.30. The first kappa shape index (κ1) is 14.6. The van der Waals surface area contributed by atoms with Gasteiger partial charge in [-0.3, -0.25) is 0 Å². The third kappa shape index (κ3) is 2.98. The van der Waals surface area contributed by atoms with Gasteiger partial charge in [-0.05, 0) is 43.5 Å². The molecule has 1 N–H and O–H groups in total. The Morgan fingerprint density at radius 3 is 2.86 bits per heavy atom. The van der Waals surface area contributed by atoms with Crippen LogP contribution >= 0.6 is 0 Å². The number of nitrogens with one attached hydrogen (secondary N) is 1. The van der Waals surface area contributed by atoms with Crippen LogP contribution in [0, 0.1) is 6.92 Å². The molecule has 22 heavy (non-hydrogen) atoms. The molecule has 5 heteroatoms. The SMILES string of the molecule is CCNc1cc(N2CCc3cc(OC)ccc3C2)nc(C)n1. The molecule has 0 bridgehead atoms. The first-order valence-electron chi connectivity index (χ1n) is 7.70. The zero-order chi connectivity index (χ0) is 15.5. The van der Waals surface area contributed by atoms with E-state index in [4.69, 9.17) is 4.74 Å². The van der Waals surface area contributed by atoms with Crippen molar-refractivity contribution in [2.75, 3.05) is 30.4 Å². The van der Waals surface area contributed by atoms with Gasteiger partial charge < -0.3 is 15.0 Å². The fraction of sp³-hybridized carbons (Fsp3) is 0.412. The van der Waals surface area contributed by atoms with Crippen molar-refractivity contribution in [3.05, 3.63) is 41.2 Å². The van der Waals surface area contributed by atoms with E-state index in [1.54, 1.807) is 7.11 Å². The van der Waals surface area contributed by atoms with Crippen LogP contribution in [-0.4, -0.2) is 30.2 Å². The minimum absolute atomic E-state index is 0.800. The van der Waals surface area contributed by atoms with Crippen molar-refractivity contribution in [3.63, 3.8) is 0 Å². The third-order valence-corrected chi connectivity index (χ3v) is 3.93. The lowest BCUT2D eigenvalue weighted by Gasteiger charge is -2.30. The standard InChI is InChI=1S/C17H22N4O/c1-4-18-16-10-17(20-12(2)19-16)21-8-7-13-9-15(22-3)6-5-14(13)11-21/h5-6,9-10H,4,7-8,11H2,1-3H3,(H,18,19,20). The van der Waals surface area contributed by atoms with Crippen molar-refractivity contribution >= 4 is 11.6 Å². The molecular formula is C17H22N4O. The molecule has 0 saturated carbocycles. The Bertz CT molecular complexity index is 672. The van der Waals surface area contributed by atoms with Gasteiger partial charge in [-0.1, -0.05) is 6.07 Å². The molecule has 2 aromatic rings. The molecule has 0 unspecified atom stereocenters. The Kier molecular flexibility index (Phi) is 4.13. The first-order valence-corrected chi connectivity index (χ1v) is 7.70. The average Bonchev–Trinajstić information content (AvgIpc) is 2.53. The number of hydrogen-bond acceptors (Lipinski definition) is 5. The lowest BCUT2D eigenvalue weighted by molar-refractivity contribution is 0.413. The molecule has 0 fully saturated rings. The van der Waals surface area contributed by atoms with Gasteiger partial charge in [-0.2, -0.15) is 0 Å². The molecule has 5 nitrogen and oxygen atoms in total. The van der Waals surface area contributed by atoms with Gasteiger partial charge >= 0.3 is 0 Å². The molecule has 0 atom stereocenters. The number of benzene rings is 1. The summed E-state index contributed by atoms with van der Waals surface area (Å²) in [5.41, 5.74) is 2.71. The number of nitrogens with zero attached hydrogens (tertiary/aromatic N) is 3. The van der Waals surface area contributed by atoms with Crippen LogP contribution in [0.25, 0.3) is 0 Å². The van der Waals surface area contributed by atoms with Crippen molar-refractivity contribution in [3.8, 4) is 5.75 Å². The quantitative estimate of drug-likeness (QED) is 0.940. The average molecular weight is 298 g/mol. The summed E-state index contributed by atoms with van der Waals surface area (Å²) in [6.07, 6.45) is 1.01. The summed E-state index contributed by atoms with van der Waals surface area (Å²) in [7, 11) is 1.71. The second-order valence-corrected chi connectivity index (χ2v) is 5.50. The summed E-state index contributed by atoms with van der Waals surface area (Å²) in [6, 6.07) is 8.35. The van der Waals surface area contributed by atoms with E-state index < -0.39 is 0 Å². The van der Waals surface area contributed by atoms with Crippen molar-refractivity contribution in [2.24, 2.45) is 0 Å². The fourth-order valence-electron chi connectivity index (χ4n) is 2.84. The molecule has 0 amide bonds. The minimum Gasteiger partial charge on any atom is -0.497 e. The predicted molar refractivity (Wildman–Crippen MR) is 88.7 cm³/mol. The van der Waals surface area contributed by atoms with Gasteiger partial charge in [0.05, 0.1) is 7.11 Å².